The van der Waals surface area contributed by atoms with Crippen LogP contribution in [-0.2, 0) is 22.6 Å². The second kappa shape index (κ2) is 9.33. The van der Waals surface area contributed by atoms with Crippen LogP contribution in [0.2, 0.25) is 0 Å². The molecule has 2 fully saturated rings. The van der Waals surface area contributed by atoms with Crippen LogP contribution in [0.1, 0.15) is 30.4 Å². The van der Waals surface area contributed by atoms with Crippen molar-refractivity contribution in [1.82, 2.24) is 9.80 Å². The average molecular weight is 407 g/mol. The maximum absolute atomic E-state index is 13.1. The Morgan fingerprint density at radius 3 is 2.47 bits per heavy atom. The number of nitrogens with zero attached hydrogens (tertiary/aromatic N) is 2. The number of carbonyl (C=O) groups excluding carboxylic acids is 2. The molecule has 1 unspecified atom stereocenters. The highest BCUT2D eigenvalue weighted by Crippen LogP contribution is 2.28. The second-order valence-corrected chi connectivity index (χ2v) is 8.45. The third-order valence-electron chi connectivity index (χ3n) is 6.41. The second-order valence-electron chi connectivity index (χ2n) is 8.45. The molecule has 2 aromatic rings. The summed E-state index contributed by atoms with van der Waals surface area (Å²) >= 11 is 0. The first-order chi connectivity index (χ1) is 14.6. The van der Waals surface area contributed by atoms with E-state index in [4.69, 9.17) is 4.74 Å². The van der Waals surface area contributed by atoms with Gasteiger partial charge >= 0.3 is 0 Å². The minimum Gasteiger partial charge on any atom is -0.496 e. The van der Waals surface area contributed by atoms with Gasteiger partial charge in [-0.25, -0.2) is 0 Å². The van der Waals surface area contributed by atoms with Crippen LogP contribution in [0.25, 0.3) is 0 Å². The van der Waals surface area contributed by atoms with Crippen molar-refractivity contribution in [3.63, 3.8) is 0 Å². The van der Waals surface area contributed by atoms with Crippen LogP contribution in [0, 0.1) is 11.8 Å². The monoisotopic (exact) mass is 406 g/mol. The molecule has 2 heterocycles. The average Bonchev–Trinajstić information content (AvgIpc) is 3.15. The van der Waals surface area contributed by atoms with Gasteiger partial charge in [0.25, 0.3) is 0 Å². The van der Waals surface area contributed by atoms with E-state index in [0.29, 0.717) is 25.4 Å². The van der Waals surface area contributed by atoms with Gasteiger partial charge < -0.3 is 14.5 Å². The zero-order chi connectivity index (χ0) is 20.9. The highest BCUT2D eigenvalue weighted by atomic mass is 16.5. The van der Waals surface area contributed by atoms with E-state index in [1.807, 2.05) is 35.2 Å². The van der Waals surface area contributed by atoms with Gasteiger partial charge in [0.1, 0.15) is 5.75 Å². The van der Waals surface area contributed by atoms with Crippen LogP contribution >= 0.6 is 0 Å². The molecule has 5 nitrogen and oxygen atoms in total. The number of carbonyl (C=O) groups is 2. The van der Waals surface area contributed by atoms with E-state index in [2.05, 4.69) is 24.3 Å². The van der Waals surface area contributed by atoms with Crippen molar-refractivity contribution < 1.29 is 14.3 Å². The summed E-state index contributed by atoms with van der Waals surface area (Å²) < 4.78 is 5.40. The minimum atomic E-state index is -0.224. The van der Waals surface area contributed by atoms with E-state index >= 15 is 0 Å². The lowest BCUT2D eigenvalue weighted by Crippen LogP contribution is -2.42. The van der Waals surface area contributed by atoms with Gasteiger partial charge in [-0.15, -0.1) is 0 Å². The third kappa shape index (κ3) is 4.66. The van der Waals surface area contributed by atoms with Crippen molar-refractivity contribution in [1.29, 1.82) is 0 Å². The molecule has 0 aliphatic carbocycles. The van der Waals surface area contributed by atoms with Crippen molar-refractivity contribution in [3.05, 3.63) is 65.7 Å². The van der Waals surface area contributed by atoms with Gasteiger partial charge in [-0.2, -0.15) is 0 Å². The largest absolute Gasteiger partial charge is 0.496 e. The van der Waals surface area contributed by atoms with E-state index in [1.54, 1.807) is 12.0 Å². The molecule has 2 amide bonds. The van der Waals surface area contributed by atoms with Crippen molar-refractivity contribution in [2.24, 2.45) is 11.8 Å². The number of para-hydroxylation sites is 1. The Hall–Kier alpha value is -2.82. The lowest BCUT2D eigenvalue weighted by Gasteiger charge is -2.33. The fourth-order valence-electron chi connectivity index (χ4n) is 4.69. The summed E-state index contributed by atoms with van der Waals surface area (Å²) in [7, 11) is 1.64. The topological polar surface area (TPSA) is 49.9 Å². The van der Waals surface area contributed by atoms with Crippen molar-refractivity contribution in [2.75, 3.05) is 26.7 Å². The molecule has 158 valence electrons. The molecular weight excluding hydrogens is 376 g/mol. The number of hydrogen-bond donors (Lipinski definition) is 0. The fraction of sp³-hybridized carbons (Fsp3) is 0.440. The molecular formula is C25H30N2O3. The van der Waals surface area contributed by atoms with Crippen LogP contribution in [0.4, 0.5) is 0 Å². The lowest BCUT2D eigenvalue weighted by atomic mass is 9.89. The van der Waals surface area contributed by atoms with Gasteiger partial charge in [0, 0.05) is 38.2 Å². The van der Waals surface area contributed by atoms with Crippen LogP contribution in [-0.4, -0.2) is 48.4 Å². The van der Waals surface area contributed by atoms with Crippen molar-refractivity contribution in [3.8, 4) is 5.75 Å². The summed E-state index contributed by atoms with van der Waals surface area (Å²) in [5.74, 6) is 1.38. The van der Waals surface area contributed by atoms with Crippen LogP contribution < -0.4 is 4.74 Å². The predicted octanol–water partition coefficient (Wildman–Crippen LogP) is 3.53. The van der Waals surface area contributed by atoms with Gasteiger partial charge in [-0.3, -0.25) is 9.59 Å². The number of ether oxygens (including phenoxy) is 1. The zero-order valence-corrected chi connectivity index (χ0v) is 17.6. The first kappa shape index (κ1) is 20.5. The fourth-order valence-corrected chi connectivity index (χ4v) is 4.69. The van der Waals surface area contributed by atoms with E-state index in [-0.39, 0.29) is 17.7 Å². The molecule has 5 heteroatoms. The Balaban J connectivity index is 1.30. The minimum absolute atomic E-state index is 0.0539. The molecule has 0 bridgehead atoms. The first-order valence-corrected chi connectivity index (χ1v) is 10.9. The van der Waals surface area contributed by atoms with Crippen LogP contribution in [0.3, 0.4) is 0 Å². The number of methoxy groups -OCH3 is 1. The standard InChI is InChI=1S/C25H30N2O3/c1-30-23-10-6-5-9-21(23)17-27-18-22(16-24(27)28)25(29)26-13-11-20(12-14-26)15-19-7-3-2-4-8-19/h2-10,20,22H,11-18H2,1H3. The quantitative estimate of drug-likeness (QED) is 0.738. The molecule has 4 rings (SSSR count). The summed E-state index contributed by atoms with van der Waals surface area (Å²) in [4.78, 5) is 29.4. The summed E-state index contributed by atoms with van der Waals surface area (Å²) in [6, 6.07) is 18.3. The smallest absolute Gasteiger partial charge is 0.227 e. The first-order valence-electron chi connectivity index (χ1n) is 10.9. The normalized spacial score (nSPS) is 19.9. The Morgan fingerprint density at radius 2 is 1.73 bits per heavy atom. The van der Waals surface area contributed by atoms with E-state index in [9.17, 15) is 9.59 Å². The van der Waals surface area contributed by atoms with Crippen LogP contribution in [0.5, 0.6) is 5.75 Å². The molecule has 2 aromatic carbocycles. The van der Waals surface area contributed by atoms with E-state index in [0.717, 1.165) is 43.7 Å². The van der Waals surface area contributed by atoms with Crippen molar-refractivity contribution in [2.45, 2.75) is 32.2 Å². The maximum atomic E-state index is 13.1. The number of amides is 2. The molecule has 2 aliphatic heterocycles. The van der Waals surface area contributed by atoms with E-state index < -0.39 is 0 Å². The van der Waals surface area contributed by atoms with Gasteiger partial charge in [0.2, 0.25) is 11.8 Å². The van der Waals surface area contributed by atoms with Gasteiger partial charge in [0.05, 0.1) is 13.0 Å². The predicted molar refractivity (Wildman–Crippen MR) is 116 cm³/mol. The zero-order valence-electron chi connectivity index (χ0n) is 17.6. The molecule has 1 atom stereocenters. The Labute approximate surface area is 178 Å². The Morgan fingerprint density at radius 1 is 1.03 bits per heavy atom. The van der Waals surface area contributed by atoms with E-state index in [1.165, 1.54) is 5.56 Å². The van der Waals surface area contributed by atoms with Gasteiger partial charge in [-0.05, 0) is 36.8 Å². The lowest BCUT2D eigenvalue weighted by molar-refractivity contribution is -0.137. The third-order valence-corrected chi connectivity index (χ3v) is 6.41. The summed E-state index contributed by atoms with van der Waals surface area (Å²) in [5.41, 5.74) is 2.35. The summed E-state index contributed by atoms with van der Waals surface area (Å²) in [6.07, 6.45) is 3.47. The number of piperidine rings is 1. The number of likely N-dealkylation sites (tertiary alicyclic amines) is 2. The molecule has 0 aromatic heterocycles. The number of benzene rings is 2. The van der Waals surface area contributed by atoms with Gasteiger partial charge in [-0.1, -0.05) is 48.5 Å². The maximum Gasteiger partial charge on any atom is 0.227 e. The molecule has 0 saturated carbocycles. The Kier molecular flexibility index (Phi) is 6.36. The molecule has 30 heavy (non-hydrogen) atoms. The number of hydrogen-bond acceptors (Lipinski definition) is 3. The van der Waals surface area contributed by atoms with Crippen LogP contribution in [0.15, 0.2) is 54.6 Å². The SMILES string of the molecule is COc1ccccc1CN1CC(C(=O)N2CCC(Cc3ccccc3)CC2)CC1=O. The number of rotatable bonds is 6. The highest BCUT2D eigenvalue weighted by molar-refractivity contribution is 5.89. The molecule has 0 spiro atoms. The van der Waals surface area contributed by atoms with Gasteiger partial charge in [0.15, 0.2) is 0 Å². The van der Waals surface area contributed by atoms with Crippen molar-refractivity contribution >= 4 is 11.8 Å². The summed E-state index contributed by atoms with van der Waals surface area (Å²) in [6.45, 7) is 2.59. The molecule has 2 aliphatic rings. The summed E-state index contributed by atoms with van der Waals surface area (Å²) in [5, 5.41) is 0. The Bertz CT molecular complexity index is 875. The highest BCUT2D eigenvalue weighted by Gasteiger charge is 2.37. The molecule has 2 saturated heterocycles. The molecule has 0 N–H and O–H groups in total. The molecule has 0 radical (unpaired) electrons.